The molecule has 1 aromatic carbocycles. The highest BCUT2D eigenvalue weighted by molar-refractivity contribution is 5.94. The number of nitrogens with zero attached hydrogens (tertiary/aromatic N) is 2. The van der Waals surface area contributed by atoms with E-state index >= 15 is 0 Å². The van der Waals surface area contributed by atoms with Crippen LogP contribution in [0.1, 0.15) is 12.5 Å². The first-order valence-electron chi connectivity index (χ1n) is 6.32. The number of anilines is 1. The molecule has 6 heteroatoms. The highest BCUT2D eigenvalue weighted by Gasteiger charge is 2.14. The standard InChI is InChI=1S/C14H18N4O.ClH/c1-2-18-10-12(9-16-18)17-14(19)13(15)8-11-6-4-3-5-7-11;/h3-7,9-10,13H,2,8,15H2,1H3,(H,17,19);1H. The van der Waals surface area contributed by atoms with Gasteiger partial charge in [-0.25, -0.2) is 0 Å². The van der Waals surface area contributed by atoms with Crippen molar-refractivity contribution in [3.05, 3.63) is 48.3 Å². The number of amides is 1. The van der Waals surface area contributed by atoms with E-state index in [-0.39, 0.29) is 18.3 Å². The minimum absolute atomic E-state index is 0. The number of nitrogens with one attached hydrogen (secondary N) is 1. The van der Waals surface area contributed by atoms with Gasteiger partial charge < -0.3 is 11.1 Å². The molecule has 3 N–H and O–H groups in total. The maximum Gasteiger partial charge on any atom is 0.241 e. The van der Waals surface area contributed by atoms with E-state index in [4.69, 9.17) is 5.73 Å². The van der Waals surface area contributed by atoms with Crippen LogP contribution in [-0.2, 0) is 17.8 Å². The number of hydrogen-bond acceptors (Lipinski definition) is 3. The van der Waals surface area contributed by atoms with Gasteiger partial charge in [0.15, 0.2) is 0 Å². The number of nitrogens with two attached hydrogens (primary N) is 1. The molecule has 2 rings (SSSR count). The molecule has 0 aliphatic heterocycles. The maximum absolute atomic E-state index is 11.9. The number of carbonyl (C=O) groups is 1. The summed E-state index contributed by atoms with van der Waals surface area (Å²) < 4.78 is 1.75. The molecule has 2 aromatic rings. The van der Waals surface area contributed by atoms with E-state index in [1.54, 1.807) is 17.1 Å². The fourth-order valence-electron chi connectivity index (χ4n) is 1.80. The Morgan fingerprint density at radius 2 is 2.10 bits per heavy atom. The third kappa shape index (κ3) is 4.36. The molecule has 20 heavy (non-hydrogen) atoms. The summed E-state index contributed by atoms with van der Waals surface area (Å²) in [5.74, 6) is -0.195. The van der Waals surface area contributed by atoms with Crippen LogP contribution in [0.4, 0.5) is 5.69 Å². The second kappa shape index (κ2) is 7.67. The molecule has 0 saturated carbocycles. The molecule has 1 aromatic heterocycles. The monoisotopic (exact) mass is 294 g/mol. The van der Waals surface area contributed by atoms with Crippen molar-refractivity contribution >= 4 is 24.0 Å². The summed E-state index contributed by atoms with van der Waals surface area (Å²) in [7, 11) is 0. The first kappa shape index (κ1) is 16.2. The van der Waals surface area contributed by atoms with Crippen LogP contribution >= 0.6 is 12.4 Å². The lowest BCUT2D eigenvalue weighted by molar-refractivity contribution is -0.117. The number of halogens is 1. The Morgan fingerprint density at radius 1 is 1.40 bits per heavy atom. The Morgan fingerprint density at radius 3 is 2.70 bits per heavy atom. The minimum atomic E-state index is -0.563. The quantitative estimate of drug-likeness (QED) is 0.883. The lowest BCUT2D eigenvalue weighted by Gasteiger charge is -2.11. The highest BCUT2D eigenvalue weighted by atomic mass is 35.5. The maximum atomic E-state index is 11.9. The summed E-state index contributed by atoms with van der Waals surface area (Å²) in [6.07, 6.45) is 3.93. The topological polar surface area (TPSA) is 72.9 Å². The van der Waals surface area contributed by atoms with Crippen molar-refractivity contribution in [2.24, 2.45) is 5.73 Å². The summed E-state index contributed by atoms with van der Waals surface area (Å²) in [6.45, 7) is 2.76. The Kier molecular flexibility index (Phi) is 6.21. The number of benzene rings is 1. The normalized spacial score (nSPS) is 11.5. The lowest BCUT2D eigenvalue weighted by Crippen LogP contribution is -2.37. The second-order valence-corrected chi connectivity index (χ2v) is 4.37. The van der Waals surface area contributed by atoms with Gasteiger partial charge in [-0.3, -0.25) is 9.48 Å². The number of hydrogen-bond donors (Lipinski definition) is 2. The van der Waals surface area contributed by atoms with Gasteiger partial charge in [0.05, 0.1) is 17.9 Å². The molecular weight excluding hydrogens is 276 g/mol. The minimum Gasteiger partial charge on any atom is -0.322 e. The molecule has 1 atom stereocenters. The van der Waals surface area contributed by atoms with Gasteiger partial charge in [0, 0.05) is 12.7 Å². The molecular formula is C14H19ClN4O. The molecule has 1 amide bonds. The first-order valence-corrected chi connectivity index (χ1v) is 6.32. The Balaban J connectivity index is 0.00000200. The van der Waals surface area contributed by atoms with Gasteiger partial charge >= 0.3 is 0 Å². The van der Waals surface area contributed by atoms with Crippen LogP contribution in [0.15, 0.2) is 42.7 Å². The number of carbonyl (C=O) groups excluding carboxylic acids is 1. The molecule has 1 unspecified atom stereocenters. The van der Waals surface area contributed by atoms with Crippen LogP contribution < -0.4 is 11.1 Å². The fourth-order valence-corrected chi connectivity index (χ4v) is 1.80. The largest absolute Gasteiger partial charge is 0.322 e. The van der Waals surface area contributed by atoms with Crippen molar-refractivity contribution in [2.75, 3.05) is 5.32 Å². The molecule has 0 bridgehead atoms. The van der Waals surface area contributed by atoms with Gasteiger partial charge in [0.2, 0.25) is 5.91 Å². The predicted molar refractivity (Wildman–Crippen MR) is 81.9 cm³/mol. The third-order valence-corrected chi connectivity index (χ3v) is 2.86. The molecule has 5 nitrogen and oxygen atoms in total. The predicted octanol–water partition coefficient (Wildman–Crippen LogP) is 1.83. The fraction of sp³-hybridized carbons (Fsp3) is 0.286. The highest BCUT2D eigenvalue weighted by Crippen LogP contribution is 2.07. The molecule has 0 saturated heterocycles. The summed E-state index contributed by atoms with van der Waals surface area (Å²) in [5.41, 5.74) is 7.62. The molecule has 0 aliphatic rings. The van der Waals surface area contributed by atoms with E-state index in [0.717, 1.165) is 12.1 Å². The van der Waals surface area contributed by atoms with Crippen molar-refractivity contribution in [1.82, 2.24) is 9.78 Å². The average Bonchev–Trinajstić information content (AvgIpc) is 2.87. The van der Waals surface area contributed by atoms with Gasteiger partial charge in [-0.05, 0) is 18.9 Å². The summed E-state index contributed by atoms with van der Waals surface area (Å²) >= 11 is 0. The number of rotatable bonds is 5. The number of aromatic nitrogens is 2. The van der Waals surface area contributed by atoms with E-state index < -0.39 is 6.04 Å². The molecule has 1 heterocycles. The zero-order valence-corrected chi connectivity index (χ0v) is 12.1. The van der Waals surface area contributed by atoms with Crippen LogP contribution in [-0.4, -0.2) is 21.7 Å². The molecule has 0 radical (unpaired) electrons. The van der Waals surface area contributed by atoms with Crippen LogP contribution in [0.5, 0.6) is 0 Å². The first-order chi connectivity index (χ1) is 9.19. The van der Waals surface area contributed by atoms with Gasteiger partial charge in [-0.2, -0.15) is 5.10 Å². The molecule has 108 valence electrons. The van der Waals surface area contributed by atoms with Crippen LogP contribution in [0.3, 0.4) is 0 Å². The molecule has 0 aliphatic carbocycles. The zero-order valence-electron chi connectivity index (χ0n) is 11.3. The summed E-state index contributed by atoms with van der Waals surface area (Å²) in [5, 5.41) is 6.86. The van der Waals surface area contributed by atoms with Crippen molar-refractivity contribution < 1.29 is 4.79 Å². The van der Waals surface area contributed by atoms with Crippen molar-refractivity contribution in [3.8, 4) is 0 Å². The SMILES string of the molecule is CCn1cc(NC(=O)C(N)Cc2ccccc2)cn1.Cl. The van der Waals surface area contributed by atoms with Crippen molar-refractivity contribution in [1.29, 1.82) is 0 Å². The van der Waals surface area contributed by atoms with Crippen molar-refractivity contribution in [3.63, 3.8) is 0 Å². The Bertz CT molecular complexity index is 541. The van der Waals surface area contributed by atoms with Crippen LogP contribution in [0.25, 0.3) is 0 Å². The van der Waals surface area contributed by atoms with E-state index in [1.807, 2.05) is 37.3 Å². The Labute approximate surface area is 124 Å². The molecule has 0 fully saturated rings. The van der Waals surface area contributed by atoms with E-state index in [1.165, 1.54) is 0 Å². The number of aryl methyl sites for hydroxylation is 1. The van der Waals surface area contributed by atoms with Crippen molar-refractivity contribution in [2.45, 2.75) is 25.9 Å². The van der Waals surface area contributed by atoms with E-state index in [9.17, 15) is 4.79 Å². The van der Waals surface area contributed by atoms with E-state index in [2.05, 4.69) is 10.4 Å². The zero-order chi connectivity index (χ0) is 13.7. The summed E-state index contributed by atoms with van der Waals surface area (Å²) in [4.78, 5) is 11.9. The van der Waals surface area contributed by atoms with Crippen LogP contribution in [0.2, 0.25) is 0 Å². The van der Waals surface area contributed by atoms with Crippen LogP contribution in [0, 0.1) is 0 Å². The second-order valence-electron chi connectivity index (χ2n) is 4.37. The molecule has 0 spiro atoms. The van der Waals surface area contributed by atoms with Gasteiger partial charge in [-0.1, -0.05) is 30.3 Å². The smallest absolute Gasteiger partial charge is 0.241 e. The third-order valence-electron chi connectivity index (χ3n) is 2.86. The Hall–Kier alpha value is -1.85. The summed E-state index contributed by atoms with van der Waals surface area (Å²) in [6, 6.07) is 9.17. The van der Waals surface area contributed by atoms with Gasteiger partial charge in [0.25, 0.3) is 0 Å². The van der Waals surface area contributed by atoms with Gasteiger partial charge in [-0.15, -0.1) is 12.4 Å². The lowest BCUT2D eigenvalue weighted by atomic mass is 10.1. The van der Waals surface area contributed by atoms with Gasteiger partial charge in [0.1, 0.15) is 0 Å². The average molecular weight is 295 g/mol. The van der Waals surface area contributed by atoms with E-state index in [0.29, 0.717) is 12.1 Å².